The average molecular weight is 512 g/mol. The molecule has 2 aromatic carbocycles. The largest absolute Gasteiger partial charge is 0.353 e. The minimum absolute atomic E-state index is 0.512. The second-order valence-electron chi connectivity index (χ2n) is 10.1. The number of para-hydroxylation sites is 1. The van der Waals surface area contributed by atoms with E-state index in [1.165, 1.54) is 64.2 Å². The normalized spacial score (nSPS) is 12.8. The SMILES string of the molecule is CCCCCCCCCCCCCCC(C)S(=O)(=O)N(N)c1c(-c2ccccc2)[nH]c2ccccc12. The minimum Gasteiger partial charge on any atom is -0.353 e. The highest BCUT2D eigenvalue weighted by Gasteiger charge is 2.30. The van der Waals surface area contributed by atoms with Gasteiger partial charge in [-0.05, 0) is 19.4 Å². The third kappa shape index (κ3) is 7.59. The molecular formula is C30H45N3O2S. The molecule has 36 heavy (non-hydrogen) atoms. The van der Waals surface area contributed by atoms with Crippen molar-refractivity contribution in [3.63, 3.8) is 0 Å². The van der Waals surface area contributed by atoms with Crippen LogP contribution in [-0.2, 0) is 10.0 Å². The number of benzene rings is 2. The second-order valence-corrected chi connectivity index (χ2v) is 12.3. The van der Waals surface area contributed by atoms with Gasteiger partial charge in [0.25, 0.3) is 10.0 Å². The number of aromatic amines is 1. The van der Waals surface area contributed by atoms with Crippen LogP contribution in [0.3, 0.4) is 0 Å². The van der Waals surface area contributed by atoms with Crippen LogP contribution in [0.25, 0.3) is 22.2 Å². The van der Waals surface area contributed by atoms with E-state index in [-0.39, 0.29) is 0 Å². The zero-order valence-electron chi connectivity index (χ0n) is 22.2. The molecule has 0 saturated heterocycles. The lowest BCUT2D eigenvalue weighted by atomic mass is 10.0. The number of aromatic nitrogens is 1. The van der Waals surface area contributed by atoms with Gasteiger partial charge in [0.05, 0.1) is 10.9 Å². The number of hydrogen-bond acceptors (Lipinski definition) is 3. The van der Waals surface area contributed by atoms with Gasteiger partial charge in [0.1, 0.15) is 5.69 Å². The molecule has 3 rings (SSSR count). The lowest BCUT2D eigenvalue weighted by Gasteiger charge is -2.24. The van der Waals surface area contributed by atoms with Crippen LogP contribution in [-0.4, -0.2) is 18.7 Å². The summed E-state index contributed by atoms with van der Waals surface area (Å²) in [5, 5.41) is 0.267. The first-order valence-corrected chi connectivity index (χ1v) is 15.4. The van der Waals surface area contributed by atoms with Crippen LogP contribution in [0.1, 0.15) is 97.3 Å². The first kappa shape index (κ1) is 28.3. The Balaban J connectivity index is 1.52. The number of rotatable bonds is 17. The van der Waals surface area contributed by atoms with Gasteiger partial charge in [-0.1, -0.05) is 133 Å². The zero-order valence-corrected chi connectivity index (χ0v) is 23.0. The van der Waals surface area contributed by atoms with Crippen LogP contribution in [0.4, 0.5) is 5.69 Å². The summed E-state index contributed by atoms with van der Waals surface area (Å²) >= 11 is 0. The van der Waals surface area contributed by atoms with Crippen molar-refractivity contribution in [3.05, 3.63) is 54.6 Å². The molecule has 0 saturated carbocycles. The van der Waals surface area contributed by atoms with Crippen molar-refractivity contribution in [2.24, 2.45) is 5.84 Å². The summed E-state index contributed by atoms with van der Waals surface area (Å²) in [6, 6.07) is 17.5. The number of H-pyrrole nitrogens is 1. The molecule has 0 aliphatic heterocycles. The molecule has 198 valence electrons. The highest BCUT2D eigenvalue weighted by molar-refractivity contribution is 7.93. The lowest BCUT2D eigenvalue weighted by molar-refractivity contribution is 0.532. The molecule has 6 heteroatoms. The maximum absolute atomic E-state index is 13.5. The van der Waals surface area contributed by atoms with E-state index in [1.54, 1.807) is 6.92 Å². The Bertz CT molecular complexity index is 1140. The van der Waals surface area contributed by atoms with E-state index in [0.29, 0.717) is 12.1 Å². The molecule has 1 aromatic heterocycles. The van der Waals surface area contributed by atoms with Crippen molar-refractivity contribution in [2.75, 3.05) is 4.41 Å². The van der Waals surface area contributed by atoms with E-state index < -0.39 is 15.3 Å². The van der Waals surface area contributed by atoms with E-state index in [1.807, 2.05) is 54.6 Å². The summed E-state index contributed by atoms with van der Waals surface area (Å²) < 4.78 is 28.0. The number of nitrogens with zero attached hydrogens (tertiary/aromatic N) is 1. The molecule has 3 N–H and O–H groups in total. The fraction of sp³-hybridized carbons (Fsp3) is 0.533. The Morgan fingerprint density at radius 3 is 1.92 bits per heavy atom. The molecule has 1 unspecified atom stereocenters. The third-order valence-corrected chi connectivity index (χ3v) is 9.19. The molecule has 1 heterocycles. The van der Waals surface area contributed by atoms with Crippen LogP contribution in [0, 0.1) is 0 Å². The number of nitrogens with two attached hydrogens (primary N) is 1. The van der Waals surface area contributed by atoms with Gasteiger partial charge < -0.3 is 4.98 Å². The smallest absolute Gasteiger partial charge is 0.251 e. The molecule has 0 spiro atoms. The lowest BCUT2D eigenvalue weighted by Crippen LogP contribution is -2.43. The van der Waals surface area contributed by atoms with E-state index >= 15 is 0 Å². The molecule has 0 amide bonds. The van der Waals surface area contributed by atoms with Crippen molar-refractivity contribution in [1.29, 1.82) is 0 Å². The van der Waals surface area contributed by atoms with E-state index in [4.69, 9.17) is 5.84 Å². The third-order valence-electron chi connectivity index (χ3n) is 7.21. The predicted molar refractivity (Wildman–Crippen MR) is 154 cm³/mol. The molecule has 0 radical (unpaired) electrons. The second kappa shape index (κ2) is 14.4. The molecule has 0 fully saturated rings. The number of fused-ring (bicyclic) bond motifs is 1. The van der Waals surface area contributed by atoms with Crippen LogP contribution < -0.4 is 10.3 Å². The topological polar surface area (TPSA) is 79.2 Å². The molecule has 0 aliphatic rings. The number of anilines is 1. The summed E-state index contributed by atoms with van der Waals surface area (Å²) in [7, 11) is -3.71. The fourth-order valence-electron chi connectivity index (χ4n) is 4.91. The Morgan fingerprint density at radius 1 is 0.778 bits per heavy atom. The van der Waals surface area contributed by atoms with Crippen molar-refractivity contribution in [3.8, 4) is 11.3 Å². The Morgan fingerprint density at radius 2 is 1.31 bits per heavy atom. The van der Waals surface area contributed by atoms with Gasteiger partial charge in [0.2, 0.25) is 0 Å². The predicted octanol–water partition coefficient (Wildman–Crippen LogP) is 8.32. The molecule has 1 atom stereocenters. The quantitative estimate of drug-likeness (QED) is 0.109. The Hall–Kier alpha value is -2.31. The highest BCUT2D eigenvalue weighted by Crippen LogP contribution is 2.38. The molecule has 5 nitrogen and oxygen atoms in total. The van der Waals surface area contributed by atoms with Crippen molar-refractivity contribution < 1.29 is 8.42 Å². The monoisotopic (exact) mass is 511 g/mol. The standard InChI is InChI=1S/C30H45N3O2S/c1-3-4-5-6-7-8-9-10-11-12-13-15-20-25(2)36(34,35)33(31)30-27-23-18-19-24-28(27)32-29(30)26-21-16-14-17-22-26/h14,16-19,21-25,32H,3-13,15,20,31H2,1-2H3. The first-order valence-electron chi connectivity index (χ1n) is 13.9. The van der Waals surface area contributed by atoms with Gasteiger partial charge in [-0.2, -0.15) is 0 Å². The molecular weight excluding hydrogens is 466 g/mol. The van der Waals surface area contributed by atoms with E-state index in [9.17, 15) is 8.42 Å². The summed E-state index contributed by atoms with van der Waals surface area (Å²) in [6.45, 7) is 4.04. The van der Waals surface area contributed by atoms with E-state index in [0.717, 1.165) is 39.4 Å². The maximum atomic E-state index is 13.5. The average Bonchev–Trinajstić information content (AvgIpc) is 3.28. The van der Waals surface area contributed by atoms with Gasteiger partial charge >= 0.3 is 0 Å². The number of unbranched alkanes of at least 4 members (excludes halogenated alkanes) is 11. The van der Waals surface area contributed by atoms with Crippen molar-refractivity contribution >= 4 is 26.6 Å². The number of nitrogens with one attached hydrogen (secondary N) is 1. The summed E-state index contributed by atoms with van der Waals surface area (Å²) in [4.78, 5) is 3.38. The highest BCUT2D eigenvalue weighted by atomic mass is 32.2. The molecule has 3 aromatic rings. The number of sulfonamides is 1. The van der Waals surface area contributed by atoms with Gasteiger partial charge in [-0.25, -0.2) is 18.7 Å². The molecule has 0 aliphatic carbocycles. The van der Waals surface area contributed by atoms with Crippen LogP contribution in [0.15, 0.2) is 54.6 Å². The van der Waals surface area contributed by atoms with Crippen LogP contribution in [0.2, 0.25) is 0 Å². The summed E-state index contributed by atoms with van der Waals surface area (Å²) in [5.41, 5.74) is 3.01. The molecule has 0 bridgehead atoms. The summed E-state index contributed by atoms with van der Waals surface area (Å²) in [6.07, 6.45) is 15.8. The number of hydrazine groups is 1. The summed E-state index contributed by atoms with van der Waals surface area (Å²) in [5.74, 6) is 6.38. The Labute approximate surface area is 218 Å². The van der Waals surface area contributed by atoms with Crippen LogP contribution in [0.5, 0.6) is 0 Å². The van der Waals surface area contributed by atoms with Gasteiger partial charge in [-0.15, -0.1) is 0 Å². The van der Waals surface area contributed by atoms with E-state index in [2.05, 4.69) is 11.9 Å². The maximum Gasteiger partial charge on any atom is 0.251 e. The zero-order chi connectivity index (χ0) is 25.8. The number of hydrogen-bond donors (Lipinski definition) is 2. The van der Waals surface area contributed by atoms with Gasteiger partial charge in [0.15, 0.2) is 0 Å². The van der Waals surface area contributed by atoms with Crippen LogP contribution >= 0.6 is 0 Å². The Kier molecular flexibility index (Phi) is 11.3. The van der Waals surface area contributed by atoms with Gasteiger partial charge in [-0.3, -0.25) is 0 Å². The van der Waals surface area contributed by atoms with Gasteiger partial charge in [0, 0.05) is 16.5 Å². The van der Waals surface area contributed by atoms with Crippen molar-refractivity contribution in [2.45, 2.75) is 103 Å². The minimum atomic E-state index is -3.71. The van der Waals surface area contributed by atoms with Crippen molar-refractivity contribution in [1.82, 2.24) is 4.98 Å². The fourth-order valence-corrected chi connectivity index (χ4v) is 6.21. The first-order chi connectivity index (χ1) is 17.5.